The lowest BCUT2D eigenvalue weighted by Crippen LogP contribution is -2.42. The Balaban J connectivity index is 2.19. The van der Waals surface area contributed by atoms with Crippen LogP contribution in [0.1, 0.15) is 54.3 Å². The standard InChI is InChI=1S/C15H24O2SSi/c1-15(2,3)19(4,5)17-14(11-6-7-11)13-9-8-12(10-16)18-13/h8-11,14H,6-7H2,1-5H3. The Hall–Kier alpha value is -0.453. The lowest BCUT2D eigenvalue weighted by Gasteiger charge is -2.39. The zero-order valence-electron chi connectivity index (χ0n) is 12.5. The summed E-state index contributed by atoms with van der Waals surface area (Å²) in [7, 11) is -1.76. The molecule has 1 aliphatic rings. The summed E-state index contributed by atoms with van der Waals surface area (Å²) in [5, 5.41) is 0.227. The van der Waals surface area contributed by atoms with E-state index in [1.54, 1.807) is 11.3 Å². The summed E-state index contributed by atoms with van der Waals surface area (Å²) in [5.74, 6) is 0.660. The Morgan fingerprint density at radius 2 is 2.00 bits per heavy atom. The van der Waals surface area contributed by atoms with E-state index in [2.05, 4.69) is 39.9 Å². The molecule has 4 heteroatoms. The predicted octanol–water partition coefficient (Wildman–Crippen LogP) is 5.03. The molecule has 1 atom stereocenters. The Labute approximate surface area is 121 Å². The first-order valence-corrected chi connectivity index (χ1v) is 10.7. The van der Waals surface area contributed by atoms with Crippen LogP contribution in [0, 0.1) is 5.92 Å². The molecule has 1 unspecified atom stereocenters. The average molecular weight is 297 g/mol. The lowest BCUT2D eigenvalue weighted by atomic mass is 10.2. The van der Waals surface area contributed by atoms with Gasteiger partial charge in [0, 0.05) is 4.88 Å². The van der Waals surface area contributed by atoms with Crippen molar-refractivity contribution in [2.45, 2.75) is 57.8 Å². The molecule has 1 saturated carbocycles. The minimum Gasteiger partial charge on any atom is -0.409 e. The van der Waals surface area contributed by atoms with Crippen molar-refractivity contribution in [1.82, 2.24) is 0 Å². The largest absolute Gasteiger partial charge is 0.409 e. The monoisotopic (exact) mass is 296 g/mol. The molecule has 1 aliphatic carbocycles. The van der Waals surface area contributed by atoms with Crippen LogP contribution in [0.4, 0.5) is 0 Å². The van der Waals surface area contributed by atoms with Gasteiger partial charge in [0.15, 0.2) is 14.6 Å². The van der Waals surface area contributed by atoms with E-state index >= 15 is 0 Å². The number of aldehydes is 1. The van der Waals surface area contributed by atoms with Gasteiger partial charge >= 0.3 is 0 Å². The zero-order valence-corrected chi connectivity index (χ0v) is 14.3. The number of rotatable bonds is 5. The average Bonchev–Trinajstić information content (AvgIpc) is 3.02. The third kappa shape index (κ3) is 3.36. The molecule has 1 fully saturated rings. The third-order valence-corrected chi connectivity index (χ3v) is 9.85. The van der Waals surface area contributed by atoms with Crippen LogP contribution >= 0.6 is 11.3 Å². The third-order valence-electron chi connectivity index (χ3n) is 4.32. The molecular weight excluding hydrogens is 272 g/mol. The minimum absolute atomic E-state index is 0.208. The van der Waals surface area contributed by atoms with E-state index in [9.17, 15) is 4.79 Å². The molecule has 2 nitrogen and oxygen atoms in total. The van der Waals surface area contributed by atoms with Gasteiger partial charge in [-0.25, -0.2) is 0 Å². The van der Waals surface area contributed by atoms with Crippen molar-refractivity contribution in [2.24, 2.45) is 5.92 Å². The Kier molecular flexibility index (Phi) is 4.05. The topological polar surface area (TPSA) is 26.3 Å². The van der Waals surface area contributed by atoms with Crippen LogP contribution in [0.15, 0.2) is 12.1 Å². The Morgan fingerprint density at radius 1 is 1.37 bits per heavy atom. The quantitative estimate of drug-likeness (QED) is 0.562. The molecule has 19 heavy (non-hydrogen) atoms. The van der Waals surface area contributed by atoms with E-state index in [0.29, 0.717) is 5.92 Å². The van der Waals surface area contributed by atoms with Crippen molar-refractivity contribution in [3.63, 3.8) is 0 Å². The summed E-state index contributed by atoms with van der Waals surface area (Å²) in [6.45, 7) is 11.4. The normalized spacial score (nSPS) is 18.4. The number of hydrogen-bond acceptors (Lipinski definition) is 3. The SMILES string of the molecule is CC(C)(C)[Si](C)(C)OC(c1ccc(C=O)s1)C1CC1. The van der Waals surface area contributed by atoms with Gasteiger partial charge in [-0.3, -0.25) is 4.79 Å². The van der Waals surface area contributed by atoms with E-state index in [1.165, 1.54) is 17.7 Å². The number of carbonyl (C=O) groups is 1. The highest BCUT2D eigenvalue weighted by molar-refractivity contribution is 7.13. The fourth-order valence-corrected chi connectivity index (χ4v) is 4.21. The van der Waals surface area contributed by atoms with Gasteiger partial charge in [-0.1, -0.05) is 20.8 Å². The van der Waals surface area contributed by atoms with Gasteiger partial charge in [0.2, 0.25) is 0 Å². The molecule has 1 aromatic heterocycles. The maximum Gasteiger partial charge on any atom is 0.192 e. The van der Waals surface area contributed by atoms with Crippen molar-refractivity contribution in [1.29, 1.82) is 0 Å². The first-order valence-electron chi connectivity index (χ1n) is 6.97. The Bertz CT molecular complexity index is 455. The van der Waals surface area contributed by atoms with Crippen LogP contribution in [0.3, 0.4) is 0 Å². The molecule has 0 spiro atoms. The first-order chi connectivity index (χ1) is 8.74. The molecule has 106 valence electrons. The molecular formula is C15H24O2SSi. The van der Waals surface area contributed by atoms with Crippen LogP contribution in [0.5, 0.6) is 0 Å². The molecule has 0 bridgehead atoms. The van der Waals surface area contributed by atoms with E-state index < -0.39 is 8.32 Å². The second kappa shape index (κ2) is 5.15. The molecule has 2 rings (SSSR count). The van der Waals surface area contributed by atoms with E-state index in [0.717, 1.165) is 11.2 Å². The molecule has 1 heterocycles. The molecule has 0 radical (unpaired) electrons. The molecule has 0 amide bonds. The summed E-state index contributed by atoms with van der Waals surface area (Å²) in [6.07, 6.45) is 3.66. The maximum absolute atomic E-state index is 10.9. The van der Waals surface area contributed by atoms with Gasteiger partial charge < -0.3 is 4.43 Å². The minimum atomic E-state index is -1.76. The Morgan fingerprint density at radius 3 is 2.42 bits per heavy atom. The highest BCUT2D eigenvalue weighted by Crippen LogP contribution is 2.49. The maximum atomic E-state index is 10.9. The summed E-state index contributed by atoms with van der Waals surface area (Å²) in [4.78, 5) is 12.9. The molecule has 0 saturated heterocycles. The smallest absolute Gasteiger partial charge is 0.192 e. The highest BCUT2D eigenvalue weighted by Gasteiger charge is 2.43. The summed E-state index contributed by atoms with van der Waals surface area (Å²) < 4.78 is 6.60. The second-order valence-electron chi connectivity index (χ2n) is 6.99. The highest BCUT2D eigenvalue weighted by atomic mass is 32.1. The predicted molar refractivity (Wildman–Crippen MR) is 83.5 cm³/mol. The van der Waals surface area contributed by atoms with Gasteiger partial charge in [-0.2, -0.15) is 0 Å². The van der Waals surface area contributed by atoms with Gasteiger partial charge in [0.25, 0.3) is 0 Å². The van der Waals surface area contributed by atoms with Crippen LogP contribution in [0.25, 0.3) is 0 Å². The number of hydrogen-bond donors (Lipinski definition) is 0. The molecule has 0 aliphatic heterocycles. The van der Waals surface area contributed by atoms with Gasteiger partial charge in [0.05, 0.1) is 11.0 Å². The van der Waals surface area contributed by atoms with Crippen LogP contribution < -0.4 is 0 Å². The zero-order chi connectivity index (χ0) is 14.3. The van der Waals surface area contributed by atoms with Crippen molar-refractivity contribution < 1.29 is 9.22 Å². The molecule has 0 aromatic carbocycles. The number of thiophene rings is 1. The van der Waals surface area contributed by atoms with Crippen LogP contribution in [-0.2, 0) is 4.43 Å². The van der Waals surface area contributed by atoms with Gasteiger partial charge in [-0.05, 0) is 49.0 Å². The summed E-state index contributed by atoms with van der Waals surface area (Å²) in [6, 6.07) is 3.99. The lowest BCUT2D eigenvalue weighted by molar-refractivity contribution is 0.112. The van der Waals surface area contributed by atoms with Crippen molar-refractivity contribution >= 4 is 25.9 Å². The molecule has 0 N–H and O–H groups in total. The van der Waals surface area contributed by atoms with E-state index in [1.807, 2.05) is 6.07 Å². The second-order valence-corrected chi connectivity index (χ2v) is 12.9. The molecule has 1 aromatic rings. The van der Waals surface area contributed by atoms with Crippen LogP contribution in [-0.4, -0.2) is 14.6 Å². The van der Waals surface area contributed by atoms with Crippen molar-refractivity contribution in [3.8, 4) is 0 Å². The number of carbonyl (C=O) groups excluding carboxylic acids is 1. The van der Waals surface area contributed by atoms with Gasteiger partial charge in [-0.15, -0.1) is 11.3 Å². The van der Waals surface area contributed by atoms with Crippen molar-refractivity contribution in [3.05, 3.63) is 21.9 Å². The summed E-state index contributed by atoms with van der Waals surface area (Å²) in [5.41, 5.74) is 0. The fourth-order valence-electron chi connectivity index (χ4n) is 1.86. The van der Waals surface area contributed by atoms with E-state index in [4.69, 9.17) is 4.43 Å². The fraction of sp³-hybridized carbons (Fsp3) is 0.667. The van der Waals surface area contributed by atoms with Crippen molar-refractivity contribution in [2.75, 3.05) is 0 Å². The van der Waals surface area contributed by atoms with E-state index in [-0.39, 0.29) is 11.1 Å². The summed E-state index contributed by atoms with van der Waals surface area (Å²) >= 11 is 1.59. The first kappa shape index (κ1) is 14.9. The van der Waals surface area contributed by atoms with Gasteiger partial charge in [0.1, 0.15) is 0 Å². The van der Waals surface area contributed by atoms with Crippen LogP contribution in [0.2, 0.25) is 18.1 Å².